The summed E-state index contributed by atoms with van der Waals surface area (Å²) in [6.45, 7) is 4.71. The Morgan fingerprint density at radius 1 is 1.25 bits per heavy atom. The molecule has 2 aromatic rings. The molecule has 0 amide bonds. The van der Waals surface area contributed by atoms with Gasteiger partial charge < -0.3 is 19.7 Å². The normalized spacial score (nSPS) is 21.8. The number of methoxy groups -OCH3 is 1. The highest BCUT2D eigenvalue weighted by atomic mass is 127. The van der Waals surface area contributed by atoms with Gasteiger partial charge in [-0.15, -0.1) is 35.3 Å². The molecular formula is C21H28IN3O2S. The van der Waals surface area contributed by atoms with Crippen LogP contribution < -0.4 is 10.1 Å². The van der Waals surface area contributed by atoms with Crippen LogP contribution in [0.25, 0.3) is 10.4 Å². The lowest BCUT2D eigenvalue weighted by Crippen LogP contribution is -2.41. The molecule has 1 spiro atoms. The van der Waals surface area contributed by atoms with Crippen molar-refractivity contribution in [2.24, 2.45) is 10.4 Å². The number of halogens is 1. The third-order valence-corrected chi connectivity index (χ3v) is 6.73. The molecular weight excluding hydrogens is 485 g/mol. The van der Waals surface area contributed by atoms with Crippen molar-refractivity contribution in [3.05, 3.63) is 41.3 Å². The number of thiophene rings is 1. The van der Waals surface area contributed by atoms with Crippen LogP contribution in [0.3, 0.4) is 0 Å². The molecule has 1 unspecified atom stereocenters. The first-order chi connectivity index (χ1) is 13.2. The molecule has 1 N–H and O–H groups in total. The zero-order valence-corrected chi connectivity index (χ0v) is 19.6. The maximum Gasteiger partial charge on any atom is 0.193 e. The summed E-state index contributed by atoms with van der Waals surface area (Å²) in [5.41, 5.74) is 1.57. The fraction of sp³-hybridized carbons (Fsp3) is 0.476. The summed E-state index contributed by atoms with van der Waals surface area (Å²) < 4.78 is 10.9. The summed E-state index contributed by atoms with van der Waals surface area (Å²) in [5, 5.41) is 3.54. The van der Waals surface area contributed by atoms with Gasteiger partial charge in [0.25, 0.3) is 0 Å². The van der Waals surface area contributed by atoms with E-state index in [1.165, 1.54) is 28.2 Å². The van der Waals surface area contributed by atoms with E-state index in [1.54, 1.807) is 7.11 Å². The molecule has 0 radical (unpaired) electrons. The number of ether oxygens (including phenoxy) is 2. The van der Waals surface area contributed by atoms with E-state index in [4.69, 9.17) is 9.47 Å². The molecule has 28 heavy (non-hydrogen) atoms. The molecule has 0 saturated carbocycles. The SMILES string of the molecule is CN=C(NCc1ccc(-c2ccc(OC)cc2)s1)N1CCC2(CCOC2)C1.I. The molecule has 4 rings (SSSR count). The number of likely N-dealkylation sites (tertiary alicyclic amines) is 1. The van der Waals surface area contributed by atoms with E-state index in [0.29, 0.717) is 5.41 Å². The lowest BCUT2D eigenvalue weighted by atomic mass is 9.87. The second-order valence-corrected chi connectivity index (χ2v) is 8.54. The van der Waals surface area contributed by atoms with Crippen molar-refractivity contribution < 1.29 is 9.47 Å². The maximum absolute atomic E-state index is 5.64. The smallest absolute Gasteiger partial charge is 0.193 e. The van der Waals surface area contributed by atoms with E-state index >= 15 is 0 Å². The zero-order valence-electron chi connectivity index (χ0n) is 16.4. The molecule has 152 valence electrons. The van der Waals surface area contributed by atoms with Crippen LogP contribution >= 0.6 is 35.3 Å². The Labute approximate surface area is 188 Å². The van der Waals surface area contributed by atoms with Crippen molar-refractivity contribution >= 4 is 41.3 Å². The minimum Gasteiger partial charge on any atom is -0.497 e. The van der Waals surface area contributed by atoms with Gasteiger partial charge in [-0.2, -0.15) is 0 Å². The van der Waals surface area contributed by atoms with E-state index < -0.39 is 0 Å². The van der Waals surface area contributed by atoms with Crippen LogP contribution in [0.1, 0.15) is 17.7 Å². The van der Waals surface area contributed by atoms with Gasteiger partial charge in [-0.1, -0.05) is 0 Å². The first-order valence-corrected chi connectivity index (χ1v) is 10.3. The minimum absolute atomic E-state index is 0. The molecule has 2 saturated heterocycles. The van der Waals surface area contributed by atoms with Gasteiger partial charge in [0, 0.05) is 41.9 Å². The molecule has 2 fully saturated rings. The first kappa shape index (κ1) is 21.4. The third kappa shape index (κ3) is 4.63. The molecule has 3 heterocycles. The highest BCUT2D eigenvalue weighted by Gasteiger charge is 2.42. The summed E-state index contributed by atoms with van der Waals surface area (Å²) in [4.78, 5) is 9.46. The van der Waals surface area contributed by atoms with Crippen LogP contribution in [0.15, 0.2) is 41.4 Å². The van der Waals surface area contributed by atoms with Crippen LogP contribution in [-0.4, -0.2) is 51.3 Å². The number of nitrogens with one attached hydrogen (secondary N) is 1. The molecule has 0 bridgehead atoms. The van der Waals surface area contributed by atoms with Gasteiger partial charge in [0.05, 0.1) is 20.3 Å². The molecule has 2 aliphatic rings. The van der Waals surface area contributed by atoms with Crippen molar-refractivity contribution in [1.82, 2.24) is 10.2 Å². The fourth-order valence-electron chi connectivity index (χ4n) is 3.97. The first-order valence-electron chi connectivity index (χ1n) is 9.48. The van der Waals surface area contributed by atoms with E-state index in [0.717, 1.165) is 44.6 Å². The van der Waals surface area contributed by atoms with E-state index in [-0.39, 0.29) is 24.0 Å². The highest BCUT2D eigenvalue weighted by molar-refractivity contribution is 14.0. The summed E-state index contributed by atoms with van der Waals surface area (Å²) in [6, 6.07) is 12.6. The predicted octanol–water partition coefficient (Wildman–Crippen LogP) is 4.23. The van der Waals surface area contributed by atoms with E-state index in [2.05, 4.69) is 39.5 Å². The highest BCUT2D eigenvalue weighted by Crippen LogP contribution is 2.38. The number of nitrogens with zero attached hydrogens (tertiary/aromatic N) is 2. The Balaban J connectivity index is 0.00000225. The monoisotopic (exact) mass is 513 g/mol. The third-order valence-electron chi connectivity index (χ3n) is 5.59. The van der Waals surface area contributed by atoms with Gasteiger partial charge >= 0.3 is 0 Å². The molecule has 0 aliphatic carbocycles. The van der Waals surface area contributed by atoms with Crippen LogP contribution in [0.4, 0.5) is 0 Å². The molecule has 1 atom stereocenters. The van der Waals surface area contributed by atoms with Crippen LogP contribution in [0, 0.1) is 5.41 Å². The van der Waals surface area contributed by atoms with Crippen molar-refractivity contribution in [1.29, 1.82) is 0 Å². The largest absolute Gasteiger partial charge is 0.497 e. The van der Waals surface area contributed by atoms with Crippen molar-refractivity contribution in [3.8, 4) is 16.2 Å². The molecule has 1 aromatic carbocycles. The van der Waals surface area contributed by atoms with Crippen LogP contribution in [0.2, 0.25) is 0 Å². The van der Waals surface area contributed by atoms with Crippen LogP contribution in [-0.2, 0) is 11.3 Å². The Morgan fingerprint density at radius 2 is 2.07 bits per heavy atom. The summed E-state index contributed by atoms with van der Waals surface area (Å²) in [5.74, 6) is 1.88. The topological polar surface area (TPSA) is 46.1 Å². The van der Waals surface area contributed by atoms with Gasteiger partial charge in [-0.25, -0.2) is 0 Å². The lowest BCUT2D eigenvalue weighted by Gasteiger charge is -2.24. The van der Waals surface area contributed by atoms with E-state index in [1.807, 2.05) is 30.5 Å². The number of rotatable bonds is 4. The van der Waals surface area contributed by atoms with Crippen molar-refractivity contribution in [2.45, 2.75) is 19.4 Å². The summed E-state index contributed by atoms with van der Waals surface area (Å²) >= 11 is 1.82. The van der Waals surface area contributed by atoms with Gasteiger partial charge in [-0.05, 0) is 54.8 Å². The molecule has 5 nitrogen and oxygen atoms in total. The van der Waals surface area contributed by atoms with Crippen molar-refractivity contribution in [2.75, 3.05) is 40.5 Å². The molecule has 1 aromatic heterocycles. The van der Waals surface area contributed by atoms with Crippen molar-refractivity contribution in [3.63, 3.8) is 0 Å². The standard InChI is InChI=1S/C21H27N3O2S.HI/c1-22-20(24-11-9-21(14-24)10-12-26-15-21)23-13-18-7-8-19(27-18)16-3-5-17(25-2)6-4-16;/h3-8H,9-15H2,1-2H3,(H,22,23);1H. The second-order valence-electron chi connectivity index (χ2n) is 7.37. The van der Waals surface area contributed by atoms with Gasteiger partial charge in [-0.3, -0.25) is 4.99 Å². The van der Waals surface area contributed by atoms with Gasteiger partial charge in [0.1, 0.15) is 5.75 Å². The van der Waals surface area contributed by atoms with Gasteiger partial charge in [0.2, 0.25) is 0 Å². The zero-order chi connectivity index (χ0) is 18.7. The Morgan fingerprint density at radius 3 is 2.75 bits per heavy atom. The van der Waals surface area contributed by atoms with Crippen LogP contribution in [0.5, 0.6) is 5.75 Å². The molecule has 7 heteroatoms. The quantitative estimate of drug-likeness (QED) is 0.378. The Hall–Kier alpha value is -1.32. The Bertz CT molecular complexity index is 800. The molecule has 2 aliphatic heterocycles. The average Bonchev–Trinajstić information content (AvgIpc) is 3.45. The summed E-state index contributed by atoms with van der Waals surface area (Å²) in [6.07, 6.45) is 2.38. The summed E-state index contributed by atoms with van der Waals surface area (Å²) in [7, 11) is 3.56. The number of hydrogen-bond acceptors (Lipinski definition) is 4. The average molecular weight is 513 g/mol. The lowest BCUT2D eigenvalue weighted by molar-refractivity contribution is 0.156. The Kier molecular flexibility index (Phi) is 7.22. The van der Waals surface area contributed by atoms with Gasteiger partial charge in [0.15, 0.2) is 5.96 Å². The minimum atomic E-state index is 0. The number of benzene rings is 1. The second kappa shape index (κ2) is 9.45. The fourth-order valence-corrected chi connectivity index (χ4v) is 4.92. The number of guanidine groups is 1. The predicted molar refractivity (Wildman–Crippen MR) is 126 cm³/mol. The van der Waals surface area contributed by atoms with E-state index in [9.17, 15) is 0 Å². The number of aliphatic imine (C=N–C) groups is 1. The number of hydrogen-bond donors (Lipinski definition) is 1. The maximum atomic E-state index is 5.64.